The van der Waals surface area contributed by atoms with Gasteiger partial charge in [0, 0.05) is 17.4 Å². The molecule has 0 aliphatic rings. The van der Waals surface area contributed by atoms with Gasteiger partial charge in [0.1, 0.15) is 10.8 Å². The molecule has 0 unspecified atom stereocenters. The van der Waals surface area contributed by atoms with Gasteiger partial charge < -0.3 is 4.74 Å². The molecule has 4 nitrogen and oxygen atoms in total. The van der Waals surface area contributed by atoms with Crippen molar-refractivity contribution >= 4 is 34.4 Å². The molecule has 25 heavy (non-hydrogen) atoms. The van der Waals surface area contributed by atoms with Crippen LogP contribution < -0.4 is 0 Å². The fourth-order valence-corrected chi connectivity index (χ4v) is 3.61. The molecule has 3 aromatic rings. The summed E-state index contributed by atoms with van der Waals surface area (Å²) in [6.07, 6.45) is 0.809. The van der Waals surface area contributed by atoms with Crippen LogP contribution in [0.4, 0.5) is 4.39 Å². The number of ketones is 1. The summed E-state index contributed by atoms with van der Waals surface area (Å²) in [7, 11) is 0. The van der Waals surface area contributed by atoms with E-state index in [2.05, 4.69) is 4.98 Å². The number of thiazole rings is 1. The molecule has 0 saturated carbocycles. The number of hydrogen-bond acceptors (Lipinski definition) is 6. The summed E-state index contributed by atoms with van der Waals surface area (Å²) < 4.78 is 18.1. The fourth-order valence-electron chi connectivity index (χ4n) is 2.12. The van der Waals surface area contributed by atoms with Crippen molar-refractivity contribution in [2.24, 2.45) is 0 Å². The van der Waals surface area contributed by atoms with E-state index in [0.29, 0.717) is 17.8 Å². The average molecular weight is 375 g/mol. The summed E-state index contributed by atoms with van der Waals surface area (Å²) in [5.41, 5.74) is 0.959. The summed E-state index contributed by atoms with van der Waals surface area (Å²) in [4.78, 5) is 28.8. The van der Waals surface area contributed by atoms with Crippen LogP contribution in [-0.4, -0.2) is 23.3 Å². The minimum absolute atomic E-state index is 0.0540. The molecule has 0 spiro atoms. The van der Waals surface area contributed by atoms with Crippen molar-refractivity contribution in [3.8, 4) is 10.6 Å². The van der Waals surface area contributed by atoms with E-state index in [1.807, 2.05) is 11.4 Å². The van der Waals surface area contributed by atoms with Crippen molar-refractivity contribution in [2.45, 2.75) is 12.8 Å². The van der Waals surface area contributed by atoms with E-state index < -0.39 is 5.97 Å². The summed E-state index contributed by atoms with van der Waals surface area (Å²) in [5, 5.41) is 4.09. The first kappa shape index (κ1) is 17.4. The zero-order chi connectivity index (χ0) is 17.6. The molecule has 1 aromatic carbocycles. The van der Waals surface area contributed by atoms with Gasteiger partial charge in [0.15, 0.2) is 11.5 Å². The van der Waals surface area contributed by atoms with E-state index in [-0.39, 0.29) is 23.9 Å². The molecule has 0 N–H and O–H groups in total. The van der Waals surface area contributed by atoms with Gasteiger partial charge in [-0.15, -0.1) is 22.7 Å². The third-order valence-electron chi connectivity index (χ3n) is 3.38. The van der Waals surface area contributed by atoms with Crippen LogP contribution in [0, 0.1) is 5.82 Å². The molecular formula is C18H14FNO3S2. The third-order valence-corrected chi connectivity index (χ3v) is 5.18. The van der Waals surface area contributed by atoms with E-state index in [0.717, 1.165) is 10.4 Å². The second-order valence-corrected chi connectivity index (χ2v) is 6.99. The van der Waals surface area contributed by atoms with E-state index in [4.69, 9.17) is 4.74 Å². The van der Waals surface area contributed by atoms with E-state index in [1.54, 1.807) is 23.6 Å². The van der Waals surface area contributed by atoms with Gasteiger partial charge in [-0.2, -0.15) is 0 Å². The monoisotopic (exact) mass is 375 g/mol. The number of rotatable bonds is 7. The summed E-state index contributed by atoms with van der Waals surface area (Å²) in [6, 6.07) is 9.53. The maximum absolute atomic E-state index is 12.9. The van der Waals surface area contributed by atoms with Gasteiger partial charge in [0.2, 0.25) is 0 Å². The van der Waals surface area contributed by atoms with Crippen LogP contribution in [0.2, 0.25) is 0 Å². The van der Waals surface area contributed by atoms with E-state index >= 15 is 0 Å². The number of carbonyl (C=O) groups excluding carboxylic acids is 2. The second kappa shape index (κ2) is 8.13. The Morgan fingerprint density at radius 1 is 1.12 bits per heavy atom. The average Bonchev–Trinajstić information content (AvgIpc) is 3.30. The highest BCUT2D eigenvalue weighted by Gasteiger charge is 2.14. The Morgan fingerprint density at radius 3 is 2.64 bits per heavy atom. The minimum atomic E-state index is -0.520. The zero-order valence-electron chi connectivity index (χ0n) is 13.1. The van der Waals surface area contributed by atoms with Gasteiger partial charge in [-0.05, 0) is 42.1 Å². The number of aromatic nitrogens is 1. The van der Waals surface area contributed by atoms with Crippen molar-refractivity contribution in [1.29, 1.82) is 0 Å². The highest BCUT2D eigenvalue weighted by atomic mass is 32.1. The van der Waals surface area contributed by atoms with Gasteiger partial charge >= 0.3 is 5.97 Å². The minimum Gasteiger partial charge on any atom is -0.461 e. The lowest BCUT2D eigenvalue weighted by Gasteiger charge is -2.02. The lowest BCUT2D eigenvalue weighted by molar-refractivity contribution is 0.0488. The number of halogens is 1. The Kier molecular flexibility index (Phi) is 5.67. The molecule has 3 rings (SSSR count). The van der Waals surface area contributed by atoms with Crippen LogP contribution in [0.25, 0.3) is 10.6 Å². The lowest BCUT2D eigenvalue weighted by Crippen LogP contribution is -2.08. The highest BCUT2D eigenvalue weighted by Crippen LogP contribution is 2.24. The molecule has 0 bridgehead atoms. The molecule has 7 heteroatoms. The molecule has 0 amide bonds. The molecule has 2 heterocycles. The molecule has 0 radical (unpaired) electrons. The highest BCUT2D eigenvalue weighted by molar-refractivity contribution is 7.13. The molecular weight excluding hydrogens is 361 g/mol. The Hall–Kier alpha value is -2.38. The Morgan fingerprint density at radius 2 is 1.92 bits per heavy atom. The van der Waals surface area contributed by atoms with Crippen LogP contribution in [0.15, 0.2) is 47.2 Å². The topological polar surface area (TPSA) is 56.3 Å². The van der Waals surface area contributed by atoms with Crippen LogP contribution in [-0.2, 0) is 4.74 Å². The maximum Gasteiger partial charge on any atom is 0.357 e. The van der Waals surface area contributed by atoms with Crippen LogP contribution in [0.3, 0.4) is 0 Å². The standard InChI is InChI=1S/C18H14FNO3S2/c19-13-7-5-12(6-8-13)17-20-14(11-25-17)18(22)23-9-1-3-15(21)16-4-2-10-24-16/h2,4-8,10-11H,1,3,9H2. The molecule has 0 aliphatic heterocycles. The van der Waals surface area contributed by atoms with Gasteiger partial charge in [0.05, 0.1) is 11.5 Å². The third kappa shape index (κ3) is 4.58. The number of esters is 1. The molecule has 0 atom stereocenters. The van der Waals surface area contributed by atoms with Crippen LogP contribution in [0.1, 0.15) is 33.0 Å². The van der Waals surface area contributed by atoms with E-state index in [9.17, 15) is 14.0 Å². The van der Waals surface area contributed by atoms with Gasteiger partial charge in [-0.3, -0.25) is 4.79 Å². The van der Waals surface area contributed by atoms with Gasteiger partial charge in [0.25, 0.3) is 0 Å². The Labute approximate surface area is 151 Å². The van der Waals surface area contributed by atoms with Crippen molar-refractivity contribution in [2.75, 3.05) is 6.61 Å². The number of carbonyl (C=O) groups is 2. The quantitative estimate of drug-likeness (QED) is 0.337. The number of thiophene rings is 1. The number of ether oxygens (including phenoxy) is 1. The molecule has 128 valence electrons. The predicted molar refractivity (Wildman–Crippen MR) is 95.7 cm³/mol. The summed E-state index contributed by atoms with van der Waals surface area (Å²) in [6.45, 7) is 0.166. The number of hydrogen-bond donors (Lipinski definition) is 0. The molecule has 2 aromatic heterocycles. The first-order valence-electron chi connectivity index (χ1n) is 7.59. The number of Topliss-reactive ketones (excluding diaryl/α,β-unsaturated/α-hetero) is 1. The summed E-state index contributed by atoms with van der Waals surface area (Å²) >= 11 is 2.70. The zero-order valence-corrected chi connectivity index (χ0v) is 14.7. The second-order valence-electron chi connectivity index (χ2n) is 5.18. The normalized spacial score (nSPS) is 10.6. The van der Waals surface area contributed by atoms with Crippen molar-refractivity contribution < 1.29 is 18.7 Å². The van der Waals surface area contributed by atoms with Crippen LogP contribution in [0.5, 0.6) is 0 Å². The largest absolute Gasteiger partial charge is 0.461 e. The first-order chi connectivity index (χ1) is 12.1. The van der Waals surface area contributed by atoms with E-state index in [1.165, 1.54) is 34.8 Å². The first-order valence-corrected chi connectivity index (χ1v) is 9.35. The Balaban J connectivity index is 1.49. The van der Waals surface area contributed by atoms with Crippen molar-refractivity contribution in [1.82, 2.24) is 4.98 Å². The number of benzene rings is 1. The van der Waals surface area contributed by atoms with Gasteiger partial charge in [-0.1, -0.05) is 6.07 Å². The molecule has 0 fully saturated rings. The van der Waals surface area contributed by atoms with Crippen molar-refractivity contribution in [3.63, 3.8) is 0 Å². The SMILES string of the molecule is O=C(OCCCC(=O)c1cccs1)c1csc(-c2ccc(F)cc2)n1. The molecule has 0 saturated heterocycles. The van der Waals surface area contributed by atoms with Crippen LogP contribution >= 0.6 is 22.7 Å². The number of nitrogens with zero attached hydrogens (tertiary/aromatic N) is 1. The van der Waals surface area contributed by atoms with Crippen molar-refractivity contribution in [3.05, 3.63) is 63.5 Å². The molecule has 0 aliphatic carbocycles. The predicted octanol–water partition coefficient (Wildman–Crippen LogP) is 4.83. The van der Waals surface area contributed by atoms with Gasteiger partial charge in [-0.25, -0.2) is 14.2 Å². The summed E-state index contributed by atoms with van der Waals surface area (Å²) in [5.74, 6) is -0.788. The fraction of sp³-hybridized carbons (Fsp3) is 0.167. The lowest BCUT2D eigenvalue weighted by atomic mass is 10.2. The smallest absolute Gasteiger partial charge is 0.357 e. The Bertz CT molecular complexity index is 857. The maximum atomic E-state index is 12.9.